The second-order valence-corrected chi connectivity index (χ2v) is 6.07. The van der Waals surface area contributed by atoms with E-state index < -0.39 is 11.7 Å². The molecule has 2 atom stereocenters. The van der Waals surface area contributed by atoms with Crippen molar-refractivity contribution in [2.24, 2.45) is 5.92 Å². The third-order valence-corrected chi connectivity index (χ3v) is 3.41. The first-order valence-corrected chi connectivity index (χ1v) is 6.60. The average molecular weight is 245 g/mol. The van der Waals surface area contributed by atoms with E-state index in [-0.39, 0.29) is 12.0 Å². The van der Waals surface area contributed by atoms with E-state index >= 15 is 0 Å². The maximum atomic E-state index is 11.5. The first kappa shape index (κ1) is 13.4. The highest BCUT2D eigenvalue weighted by Crippen LogP contribution is 2.22. The Morgan fingerprint density at radius 2 is 2.19 bits per heavy atom. The average Bonchev–Trinajstić information content (AvgIpc) is 2.15. The number of carbonyl (C=O) groups excluding carboxylic acids is 2. The van der Waals surface area contributed by atoms with Crippen LogP contribution >= 0.6 is 11.8 Å². The predicted molar refractivity (Wildman–Crippen MR) is 64.7 cm³/mol. The molecule has 92 valence electrons. The van der Waals surface area contributed by atoms with E-state index in [1.54, 1.807) is 11.8 Å². The fourth-order valence-electron chi connectivity index (χ4n) is 1.53. The topological polar surface area (TPSA) is 55.4 Å². The van der Waals surface area contributed by atoms with E-state index in [1.165, 1.54) is 0 Å². The van der Waals surface area contributed by atoms with Gasteiger partial charge in [-0.3, -0.25) is 0 Å². The molecule has 1 saturated heterocycles. The van der Waals surface area contributed by atoms with E-state index in [4.69, 9.17) is 4.74 Å². The minimum absolute atomic E-state index is 0.0752. The molecule has 0 aromatic rings. The van der Waals surface area contributed by atoms with Crippen molar-refractivity contribution in [3.63, 3.8) is 0 Å². The number of ether oxygens (including phenoxy) is 1. The van der Waals surface area contributed by atoms with Crippen molar-refractivity contribution in [1.29, 1.82) is 0 Å². The number of alkyl carbamates (subject to hydrolysis) is 1. The molecule has 0 aliphatic carbocycles. The molecule has 1 N–H and O–H groups in total. The largest absolute Gasteiger partial charge is 0.444 e. The zero-order chi connectivity index (χ0) is 12.2. The summed E-state index contributed by atoms with van der Waals surface area (Å²) in [5.41, 5.74) is -0.497. The Morgan fingerprint density at radius 3 is 2.75 bits per heavy atom. The fraction of sp³-hybridized carbons (Fsp3) is 0.818. The van der Waals surface area contributed by atoms with Crippen molar-refractivity contribution >= 4 is 24.1 Å². The molecule has 0 aromatic heterocycles. The zero-order valence-electron chi connectivity index (χ0n) is 9.99. The van der Waals surface area contributed by atoms with Gasteiger partial charge in [-0.25, -0.2) is 4.79 Å². The number of carbonyl (C=O) groups is 2. The van der Waals surface area contributed by atoms with Crippen LogP contribution in [-0.2, 0) is 9.53 Å². The molecule has 0 aromatic carbocycles. The molecule has 0 unspecified atom stereocenters. The molecule has 1 aliphatic rings. The van der Waals surface area contributed by atoms with Crippen molar-refractivity contribution in [3.05, 3.63) is 0 Å². The van der Waals surface area contributed by atoms with Crippen LogP contribution in [0.1, 0.15) is 27.2 Å². The van der Waals surface area contributed by atoms with Crippen molar-refractivity contribution in [2.75, 3.05) is 11.5 Å². The standard InChI is InChI=1S/C11H19NO3S/c1-11(2,3)15-10(14)12-9-7-16-5-4-8(9)6-13/h6,8-9H,4-5,7H2,1-3H3,(H,12,14)/t8-,9+/m0/s1. The van der Waals surface area contributed by atoms with E-state index in [9.17, 15) is 9.59 Å². The molecule has 0 bridgehead atoms. The number of rotatable bonds is 2. The summed E-state index contributed by atoms with van der Waals surface area (Å²) in [5, 5.41) is 2.76. The number of hydrogen-bond donors (Lipinski definition) is 1. The monoisotopic (exact) mass is 245 g/mol. The summed E-state index contributed by atoms with van der Waals surface area (Å²) < 4.78 is 5.16. The SMILES string of the molecule is CC(C)(C)OC(=O)N[C@@H]1CSCC[C@H]1C=O. The van der Waals surface area contributed by atoms with Gasteiger partial charge in [0.1, 0.15) is 11.9 Å². The summed E-state index contributed by atoms with van der Waals surface area (Å²) in [7, 11) is 0. The number of nitrogens with one attached hydrogen (secondary N) is 1. The smallest absolute Gasteiger partial charge is 0.407 e. The van der Waals surface area contributed by atoms with Gasteiger partial charge in [0.25, 0.3) is 0 Å². The second-order valence-electron chi connectivity index (χ2n) is 4.92. The number of thioether (sulfide) groups is 1. The van der Waals surface area contributed by atoms with Crippen LogP contribution < -0.4 is 5.32 Å². The molecule has 1 amide bonds. The van der Waals surface area contributed by atoms with Gasteiger partial charge in [-0.2, -0.15) is 11.8 Å². The summed E-state index contributed by atoms with van der Waals surface area (Å²) in [5.74, 6) is 1.69. The van der Waals surface area contributed by atoms with Gasteiger partial charge in [-0.15, -0.1) is 0 Å². The van der Waals surface area contributed by atoms with Gasteiger partial charge >= 0.3 is 6.09 Å². The third-order valence-electron chi connectivity index (χ3n) is 2.29. The number of amides is 1. The normalized spacial score (nSPS) is 25.9. The second kappa shape index (κ2) is 5.57. The van der Waals surface area contributed by atoms with Gasteiger partial charge in [0.15, 0.2) is 0 Å². The highest BCUT2D eigenvalue weighted by Gasteiger charge is 2.28. The molecule has 5 heteroatoms. The van der Waals surface area contributed by atoms with Crippen LogP contribution in [0.3, 0.4) is 0 Å². The Bertz CT molecular complexity index is 262. The third kappa shape index (κ3) is 4.43. The number of aldehydes is 1. The molecule has 1 rings (SSSR count). The van der Waals surface area contributed by atoms with Gasteiger partial charge < -0.3 is 14.8 Å². The molecule has 16 heavy (non-hydrogen) atoms. The molecule has 0 saturated carbocycles. The van der Waals surface area contributed by atoms with Crippen LogP contribution in [0.25, 0.3) is 0 Å². The van der Waals surface area contributed by atoms with Gasteiger partial charge in [0.05, 0.1) is 6.04 Å². The molecular weight excluding hydrogens is 226 g/mol. The van der Waals surface area contributed by atoms with Crippen LogP contribution in [-0.4, -0.2) is 35.5 Å². The summed E-state index contributed by atoms with van der Waals surface area (Å²) in [6, 6.07) is -0.0916. The van der Waals surface area contributed by atoms with Crippen LogP contribution in [0.15, 0.2) is 0 Å². The zero-order valence-corrected chi connectivity index (χ0v) is 10.8. The van der Waals surface area contributed by atoms with Crippen LogP contribution in [0.4, 0.5) is 4.79 Å². The Labute approximate surface area is 100 Å². The molecule has 1 fully saturated rings. The summed E-state index contributed by atoms with van der Waals surface area (Å²) >= 11 is 1.75. The maximum absolute atomic E-state index is 11.5. The number of hydrogen-bond acceptors (Lipinski definition) is 4. The molecule has 1 heterocycles. The lowest BCUT2D eigenvalue weighted by Crippen LogP contribution is -2.46. The van der Waals surface area contributed by atoms with Crippen molar-refractivity contribution < 1.29 is 14.3 Å². The van der Waals surface area contributed by atoms with Gasteiger partial charge in [0.2, 0.25) is 0 Å². The summed E-state index contributed by atoms with van der Waals surface area (Å²) in [6.45, 7) is 5.46. The fourth-order valence-corrected chi connectivity index (χ4v) is 2.71. The van der Waals surface area contributed by atoms with Crippen molar-refractivity contribution in [3.8, 4) is 0 Å². The van der Waals surface area contributed by atoms with E-state index in [0.29, 0.717) is 0 Å². The Kier molecular flexibility index (Phi) is 4.65. The van der Waals surface area contributed by atoms with E-state index in [1.807, 2.05) is 20.8 Å². The Morgan fingerprint density at radius 1 is 1.50 bits per heavy atom. The predicted octanol–water partition coefficient (Wildman–Crippen LogP) is 1.83. The van der Waals surface area contributed by atoms with Crippen molar-refractivity contribution in [1.82, 2.24) is 5.32 Å². The summed E-state index contributed by atoms with van der Waals surface area (Å²) in [4.78, 5) is 22.4. The molecule has 1 aliphatic heterocycles. The van der Waals surface area contributed by atoms with Gasteiger partial charge in [-0.05, 0) is 32.9 Å². The first-order chi connectivity index (χ1) is 7.42. The van der Waals surface area contributed by atoms with Crippen LogP contribution in [0, 0.1) is 5.92 Å². The van der Waals surface area contributed by atoms with E-state index in [2.05, 4.69) is 5.32 Å². The highest BCUT2D eigenvalue weighted by molar-refractivity contribution is 7.99. The highest BCUT2D eigenvalue weighted by atomic mass is 32.2. The van der Waals surface area contributed by atoms with E-state index in [0.717, 1.165) is 24.2 Å². The molecule has 4 nitrogen and oxygen atoms in total. The summed E-state index contributed by atoms with van der Waals surface area (Å²) in [6.07, 6.45) is 1.32. The minimum Gasteiger partial charge on any atom is -0.444 e. The lowest BCUT2D eigenvalue weighted by Gasteiger charge is -2.29. The lowest BCUT2D eigenvalue weighted by molar-refractivity contribution is -0.111. The molecular formula is C11H19NO3S. The first-order valence-electron chi connectivity index (χ1n) is 5.45. The lowest BCUT2D eigenvalue weighted by atomic mass is 10.00. The molecule has 0 radical (unpaired) electrons. The van der Waals surface area contributed by atoms with Gasteiger partial charge in [0, 0.05) is 11.7 Å². The van der Waals surface area contributed by atoms with Crippen LogP contribution in [0.5, 0.6) is 0 Å². The van der Waals surface area contributed by atoms with Crippen LogP contribution in [0.2, 0.25) is 0 Å². The Balaban J connectivity index is 2.45. The molecule has 0 spiro atoms. The quantitative estimate of drug-likeness (QED) is 0.754. The maximum Gasteiger partial charge on any atom is 0.407 e. The Hall–Kier alpha value is -0.710. The minimum atomic E-state index is -0.497. The van der Waals surface area contributed by atoms with Crippen molar-refractivity contribution in [2.45, 2.75) is 38.8 Å². The van der Waals surface area contributed by atoms with Gasteiger partial charge in [-0.1, -0.05) is 0 Å².